The van der Waals surface area contributed by atoms with Crippen LogP contribution in [-0.2, 0) is 14.8 Å². The van der Waals surface area contributed by atoms with E-state index in [4.69, 9.17) is 16.7 Å². The zero-order valence-electron chi connectivity index (χ0n) is 12.9. The van der Waals surface area contributed by atoms with Crippen LogP contribution in [0, 0.1) is 11.8 Å². The molecule has 1 aromatic carbocycles. The van der Waals surface area contributed by atoms with Crippen LogP contribution in [0.15, 0.2) is 29.2 Å². The minimum Gasteiger partial charge on any atom is -0.481 e. The van der Waals surface area contributed by atoms with Crippen molar-refractivity contribution in [3.05, 3.63) is 29.3 Å². The zero-order chi connectivity index (χ0) is 16.9. The second-order valence-corrected chi connectivity index (χ2v) is 8.33. The van der Waals surface area contributed by atoms with E-state index >= 15 is 0 Å². The summed E-state index contributed by atoms with van der Waals surface area (Å²) in [5, 5.41) is 9.30. The quantitative estimate of drug-likeness (QED) is 0.782. The van der Waals surface area contributed by atoms with E-state index in [-0.39, 0.29) is 17.2 Å². The van der Waals surface area contributed by atoms with Crippen molar-refractivity contribution >= 4 is 27.6 Å². The van der Waals surface area contributed by atoms with Crippen LogP contribution in [0.4, 0.5) is 0 Å². The van der Waals surface area contributed by atoms with Gasteiger partial charge in [0.25, 0.3) is 0 Å². The van der Waals surface area contributed by atoms with Gasteiger partial charge in [-0.2, -0.15) is 0 Å². The maximum absolute atomic E-state index is 12.1. The van der Waals surface area contributed by atoms with Gasteiger partial charge in [-0.15, -0.1) is 0 Å². The molecule has 7 heteroatoms. The lowest BCUT2D eigenvalue weighted by Gasteiger charge is -2.27. The molecule has 2 rings (SSSR count). The summed E-state index contributed by atoms with van der Waals surface area (Å²) in [6.45, 7) is 0.402. The molecule has 0 bridgehead atoms. The molecule has 1 saturated carbocycles. The summed E-state index contributed by atoms with van der Waals surface area (Å²) in [7, 11) is -3.49. The maximum Gasteiger partial charge on any atom is 0.303 e. The number of carbonyl (C=O) groups is 1. The number of rotatable bonds is 7. The SMILES string of the molecule is O=C(O)C[C@H]1CC[C@@H](CCNS(=O)(=O)c2ccc(Cl)cc2)CC1. The number of carboxylic acids is 1. The molecular weight excluding hydrogens is 338 g/mol. The van der Waals surface area contributed by atoms with Crippen molar-refractivity contribution in [2.45, 2.75) is 43.4 Å². The lowest BCUT2D eigenvalue weighted by atomic mass is 9.79. The van der Waals surface area contributed by atoms with Crippen molar-refractivity contribution < 1.29 is 18.3 Å². The summed E-state index contributed by atoms with van der Waals surface area (Å²) in [4.78, 5) is 10.9. The highest BCUT2D eigenvalue weighted by molar-refractivity contribution is 7.89. The van der Waals surface area contributed by atoms with E-state index in [9.17, 15) is 13.2 Å². The van der Waals surface area contributed by atoms with Crippen LogP contribution in [-0.4, -0.2) is 26.0 Å². The van der Waals surface area contributed by atoms with Crippen molar-refractivity contribution in [2.24, 2.45) is 11.8 Å². The summed E-state index contributed by atoms with van der Waals surface area (Å²) < 4.78 is 26.9. The molecule has 0 spiro atoms. The van der Waals surface area contributed by atoms with Gasteiger partial charge in [-0.3, -0.25) is 4.79 Å². The average Bonchev–Trinajstić information content (AvgIpc) is 2.49. The Hall–Kier alpha value is -1.11. The van der Waals surface area contributed by atoms with Crippen LogP contribution >= 0.6 is 11.6 Å². The van der Waals surface area contributed by atoms with Crippen LogP contribution in [0.2, 0.25) is 5.02 Å². The fraction of sp³-hybridized carbons (Fsp3) is 0.562. The molecule has 1 aliphatic rings. The van der Waals surface area contributed by atoms with E-state index < -0.39 is 16.0 Å². The minimum absolute atomic E-state index is 0.215. The van der Waals surface area contributed by atoms with Crippen LogP contribution in [0.3, 0.4) is 0 Å². The lowest BCUT2D eigenvalue weighted by molar-refractivity contribution is -0.138. The van der Waals surface area contributed by atoms with Gasteiger partial charge < -0.3 is 5.11 Å². The van der Waals surface area contributed by atoms with Gasteiger partial charge >= 0.3 is 5.97 Å². The molecule has 1 aliphatic carbocycles. The highest BCUT2D eigenvalue weighted by Crippen LogP contribution is 2.32. The fourth-order valence-corrected chi connectivity index (χ4v) is 4.24. The highest BCUT2D eigenvalue weighted by Gasteiger charge is 2.23. The topological polar surface area (TPSA) is 83.5 Å². The fourth-order valence-electron chi connectivity index (χ4n) is 3.07. The molecule has 1 aromatic rings. The number of carboxylic acid groups (broad SMARTS) is 1. The first kappa shape index (κ1) is 18.2. The molecule has 2 N–H and O–H groups in total. The molecule has 0 aliphatic heterocycles. The highest BCUT2D eigenvalue weighted by atomic mass is 35.5. The number of hydrogen-bond donors (Lipinski definition) is 2. The van der Waals surface area contributed by atoms with Crippen molar-refractivity contribution in [3.63, 3.8) is 0 Å². The van der Waals surface area contributed by atoms with Crippen LogP contribution in [0.5, 0.6) is 0 Å². The molecule has 1 fully saturated rings. The van der Waals surface area contributed by atoms with E-state index in [1.807, 2.05) is 0 Å². The van der Waals surface area contributed by atoms with Gasteiger partial charge in [0.15, 0.2) is 0 Å². The summed E-state index contributed by atoms with van der Waals surface area (Å²) in [6.07, 6.45) is 4.81. The first-order chi connectivity index (χ1) is 10.9. The summed E-state index contributed by atoms with van der Waals surface area (Å²) in [6, 6.07) is 6.09. The van der Waals surface area contributed by atoms with Gasteiger partial charge in [-0.25, -0.2) is 13.1 Å². The molecule has 0 unspecified atom stereocenters. The number of aliphatic carboxylic acids is 1. The van der Waals surface area contributed by atoms with Gasteiger partial charge in [0.05, 0.1) is 4.90 Å². The molecule has 0 radical (unpaired) electrons. The normalized spacial score (nSPS) is 22.0. The van der Waals surface area contributed by atoms with E-state index in [0.717, 1.165) is 32.1 Å². The maximum atomic E-state index is 12.1. The first-order valence-electron chi connectivity index (χ1n) is 7.84. The van der Waals surface area contributed by atoms with E-state index in [1.165, 1.54) is 12.1 Å². The molecule has 5 nitrogen and oxygen atoms in total. The Morgan fingerprint density at radius 2 is 1.70 bits per heavy atom. The molecular formula is C16H22ClNO4S. The minimum atomic E-state index is -3.49. The number of sulfonamides is 1. The van der Waals surface area contributed by atoms with E-state index in [2.05, 4.69) is 4.72 Å². The number of nitrogens with one attached hydrogen (secondary N) is 1. The lowest BCUT2D eigenvalue weighted by Crippen LogP contribution is -2.27. The first-order valence-corrected chi connectivity index (χ1v) is 9.70. The Morgan fingerprint density at radius 3 is 2.26 bits per heavy atom. The van der Waals surface area contributed by atoms with Gasteiger partial charge in [-0.1, -0.05) is 24.4 Å². The monoisotopic (exact) mass is 359 g/mol. The Morgan fingerprint density at radius 1 is 1.13 bits per heavy atom. The number of hydrogen-bond acceptors (Lipinski definition) is 3. The molecule has 23 heavy (non-hydrogen) atoms. The van der Waals surface area contributed by atoms with Crippen molar-refractivity contribution in [3.8, 4) is 0 Å². The molecule has 0 amide bonds. The predicted molar refractivity (Wildman–Crippen MR) is 89.0 cm³/mol. The van der Waals surface area contributed by atoms with Crippen LogP contribution in [0.1, 0.15) is 38.5 Å². The third-order valence-corrected chi connectivity index (χ3v) is 6.13. The molecule has 128 valence electrons. The standard InChI is InChI=1S/C16H22ClNO4S/c17-14-5-7-15(8-6-14)23(21,22)18-10-9-12-1-3-13(4-2-12)11-16(19)20/h5-8,12-13,18H,1-4,9-11H2,(H,19,20)/t12-,13+. The average molecular weight is 360 g/mol. The summed E-state index contributed by atoms with van der Waals surface area (Å²) in [5.41, 5.74) is 0. The van der Waals surface area contributed by atoms with Crippen molar-refractivity contribution in [2.75, 3.05) is 6.54 Å². The Labute approximate surface area is 142 Å². The molecule has 0 saturated heterocycles. The Balaban J connectivity index is 1.75. The molecule has 0 atom stereocenters. The van der Waals surface area contributed by atoms with Crippen molar-refractivity contribution in [1.82, 2.24) is 4.72 Å². The summed E-state index contributed by atoms with van der Waals surface area (Å²) in [5.74, 6) is 0.00615. The summed E-state index contributed by atoms with van der Waals surface area (Å²) >= 11 is 5.76. The Bertz CT molecular complexity index is 622. The molecule has 0 aromatic heterocycles. The molecule has 0 heterocycles. The second-order valence-electron chi connectivity index (χ2n) is 6.12. The van der Waals surface area contributed by atoms with Gasteiger partial charge in [0, 0.05) is 18.0 Å². The smallest absolute Gasteiger partial charge is 0.303 e. The third kappa shape index (κ3) is 5.79. The van der Waals surface area contributed by atoms with Crippen LogP contribution < -0.4 is 4.72 Å². The van der Waals surface area contributed by atoms with E-state index in [0.29, 0.717) is 17.5 Å². The zero-order valence-corrected chi connectivity index (χ0v) is 14.4. The van der Waals surface area contributed by atoms with Gasteiger partial charge in [0.2, 0.25) is 10.0 Å². The van der Waals surface area contributed by atoms with Crippen molar-refractivity contribution in [1.29, 1.82) is 0 Å². The third-order valence-electron chi connectivity index (χ3n) is 4.40. The van der Waals surface area contributed by atoms with E-state index in [1.54, 1.807) is 12.1 Å². The predicted octanol–water partition coefficient (Wildman–Crippen LogP) is 3.29. The largest absolute Gasteiger partial charge is 0.481 e. The Kier molecular flexibility index (Phi) is 6.44. The number of halogens is 1. The van der Waals surface area contributed by atoms with Crippen LogP contribution in [0.25, 0.3) is 0 Å². The second kappa shape index (κ2) is 8.13. The van der Waals surface area contributed by atoms with Gasteiger partial charge in [-0.05, 0) is 55.4 Å². The van der Waals surface area contributed by atoms with Gasteiger partial charge in [0.1, 0.15) is 0 Å². The number of benzene rings is 1.